The second-order valence-corrected chi connectivity index (χ2v) is 20.7. The van der Waals surface area contributed by atoms with Crippen molar-refractivity contribution in [2.24, 2.45) is 0 Å². The highest BCUT2D eigenvalue weighted by molar-refractivity contribution is 7.00. The molecule has 0 amide bonds. The first-order valence-electron chi connectivity index (χ1n) is 25.2. The molecule has 318 valence electrons. The Kier molecular flexibility index (Phi) is 6.51. The standard InChI is InChI=1S/C66H41BN2/c1-4-21-42-36(15-1)39-18-7-10-24-45(39)58-48(42)31-33-54-61(58)50-27-13-28-52-65(50)68(54)56-29-14-30-57-64(56)67(52)53-35-51-44-23-6-3-17-38(44)41-20-9-12-26-47(41)60(51)63-62-55(69(57)66(53)63)34-32-49-43-22-5-2-16-37(43)40-19-8-11-25-46(40)59(49)62/h1-8,10-11,13-19,21-25,27-35,41,47H,9,12,20,26H2/t41-,47?/m1/s1. The van der Waals surface area contributed by atoms with E-state index in [0.29, 0.717) is 11.8 Å². The average molecular weight is 873 g/mol. The van der Waals surface area contributed by atoms with Crippen molar-refractivity contribution in [3.63, 3.8) is 0 Å². The molecule has 3 heteroatoms. The maximum Gasteiger partial charge on any atom is 0.252 e. The summed E-state index contributed by atoms with van der Waals surface area (Å²) in [5.41, 5.74) is 18.3. The Morgan fingerprint density at radius 3 is 1.49 bits per heavy atom. The van der Waals surface area contributed by atoms with Crippen molar-refractivity contribution >= 4 is 131 Å². The zero-order chi connectivity index (χ0) is 44.4. The summed E-state index contributed by atoms with van der Waals surface area (Å²) in [6, 6.07) is 73.0. The minimum atomic E-state index is 0.0465. The molecule has 0 saturated heterocycles. The third kappa shape index (κ3) is 4.15. The number of rotatable bonds is 0. The molecule has 14 aromatic rings. The van der Waals surface area contributed by atoms with Crippen LogP contribution in [0.15, 0.2) is 188 Å². The topological polar surface area (TPSA) is 9.86 Å². The van der Waals surface area contributed by atoms with Crippen molar-refractivity contribution in [1.29, 1.82) is 0 Å². The van der Waals surface area contributed by atoms with Crippen LogP contribution in [0.4, 0.5) is 0 Å². The molecule has 1 saturated carbocycles. The van der Waals surface area contributed by atoms with Crippen LogP contribution in [0.1, 0.15) is 48.6 Å². The fraction of sp³-hybridized carbons (Fsp3) is 0.0909. The van der Waals surface area contributed by atoms with Gasteiger partial charge in [-0.2, -0.15) is 0 Å². The van der Waals surface area contributed by atoms with Crippen LogP contribution in [-0.2, 0) is 0 Å². The molecule has 1 unspecified atom stereocenters. The lowest BCUT2D eigenvalue weighted by atomic mass is 9.34. The molecule has 69 heavy (non-hydrogen) atoms. The second-order valence-electron chi connectivity index (χ2n) is 20.7. The molecular weight excluding hydrogens is 832 g/mol. The molecule has 12 aromatic carbocycles. The van der Waals surface area contributed by atoms with Crippen LogP contribution in [0.25, 0.3) is 131 Å². The zero-order valence-corrected chi connectivity index (χ0v) is 37.9. The molecule has 0 spiro atoms. The Balaban J connectivity index is 1.06. The van der Waals surface area contributed by atoms with E-state index in [1.165, 1.54) is 173 Å². The van der Waals surface area contributed by atoms with E-state index in [9.17, 15) is 0 Å². The maximum absolute atomic E-state index is 2.74. The second kappa shape index (κ2) is 12.5. The molecule has 4 heterocycles. The van der Waals surface area contributed by atoms with Gasteiger partial charge in [0.05, 0.1) is 11.0 Å². The summed E-state index contributed by atoms with van der Waals surface area (Å²) >= 11 is 0. The fourth-order valence-corrected chi connectivity index (χ4v) is 15.5. The van der Waals surface area contributed by atoms with E-state index < -0.39 is 0 Å². The van der Waals surface area contributed by atoms with Gasteiger partial charge in [-0.05, 0) is 141 Å². The SMILES string of the molecule is c1ccc2c(c1)-c1cc3c4c(c1C1CCCC[C@H]21)c1c2c5ccccc5c5ccccc5c2ccc1n4-c1cccc2c1B3c1cccc3c4c5c6ccccc6c6ccccc6c5ccc4n-2c13. The lowest BCUT2D eigenvalue weighted by Gasteiger charge is -2.41. The predicted molar refractivity (Wildman–Crippen MR) is 294 cm³/mol. The normalized spacial score (nSPS) is 16.7. The zero-order valence-electron chi connectivity index (χ0n) is 37.9. The van der Waals surface area contributed by atoms with E-state index in [4.69, 9.17) is 0 Å². The van der Waals surface area contributed by atoms with Crippen LogP contribution in [0.3, 0.4) is 0 Å². The van der Waals surface area contributed by atoms with Crippen LogP contribution < -0.4 is 16.4 Å². The summed E-state index contributed by atoms with van der Waals surface area (Å²) in [6.45, 7) is 0.0465. The Labute approximate surface area is 397 Å². The summed E-state index contributed by atoms with van der Waals surface area (Å²) in [7, 11) is 0. The fourth-order valence-electron chi connectivity index (χ4n) is 15.5. The predicted octanol–water partition coefficient (Wildman–Crippen LogP) is 15.4. The monoisotopic (exact) mass is 872 g/mol. The third-order valence-corrected chi connectivity index (χ3v) is 17.9. The van der Waals surface area contributed by atoms with Gasteiger partial charge in [0.1, 0.15) is 0 Å². The first kappa shape index (κ1) is 36.0. The van der Waals surface area contributed by atoms with Gasteiger partial charge in [0.2, 0.25) is 0 Å². The van der Waals surface area contributed by atoms with Gasteiger partial charge in [0.15, 0.2) is 0 Å². The van der Waals surface area contributed by atoms with Gasteiger partial charge in [0, 0.05) is 54.7 Å². The summed E-state index contributed by atoms with van der Waals surface area (Å²) in [4.78, 5) is 0. The quantitative estimate of drug-likeness (QED) is 0.106. The molecule has 0 N–H and O–H groups in total. The first-order valence-corrected chi connectivity index (χ1v) is 25.2. The van der Waals surface area contributed by atoms with Gasteiger partial charge in [-0.25, -0.2) is 0 Å². The Bertz CT molecular complexity index is 4690. The molecule has 2 nitrogen and oxygen atoms in total. The van der Waals surface area contributed by atoms with Gasteiger partial charge in [0.25, 0.3) is 6.71 Å². The molecular formula is C66H41BN2. The molecule has 2 atom stereocenters. The highest BCUT2D eigenvalue weighted by atomic mass is 15.0. The first-order chi connectivity index (χ1) is 34.3. The minimum Gasteiger partial charge on any atom is -0.310 e. The highest BCUT2D eigenvalue weighted by Crippen LogP contribution is 2.57. The Morgan fingerprint density at radius 1 is 0.348 bits per heavy atom. The number of nitrogens with zero attached hydrogens (tertiary/aromatic N) is 2. The van der Waals surface area contributed by atoms with E-state index in [1.807, 2.05) is 0 Å². The number of fused-ring (bicyclic) bond motifs is 31. The Morgan fingerprint density at radius 2 is 0.841 bits per heavy atom. The van der Waals surface area contributed by atoms with E-state index in [0.717, 1.165) is 0 Å². The molecule has 0 bridgehead atoms. The Hall–Kier alpha value is -8.14. The number of hydrogen-bond acceptors (Lipinski definition) is 0. The third-order valence-electron chi connectivity index (χ3n) is 17.9. The van der Waals surface area contributed by atoms with Gasteiger partial charge in [-0.15, -0.1) is 0 Å². The van der Waals surface area contributed by atoms with Gasteiger partial charge in [-0.1, -0.05) is 177 Å². The molecule has 2 aliphatic carbocycles. The number of benzene rings is 12. The van der Waals surface area contributed by atoms with Crippen LogP contribution in [0.5, 0.6) is 0 Å². The van der Waals surface area contributed by atoms with Crippen LogP contribution >= 0.6 is 0 Å². The van der Waals surface area contributed by atoms with Crippen LogP contribution in [0, 0.1) is 0 Å². The van der Waals surface area contributed by atoms with E-state index >= 15 is 0 Å². The summed E-state index contributed by atoms with van der Waals surface area (Å²) in [5, 5.41) is 21.6. The minimum absolute atomic E-state index is 0.0465. The van der Waals surface area contributed by atoms with Crippen molar-refractivity contribution < 1.29 is 0 Å². The largest absolute Gasteiger partial charge is 0.310 e. The molecule has 2 aromatic heterocycles. The highest BCUT2D eigenvalue weighted by Gasteiger charge is 2.45. The molecule has 18 rings (SSSR count). The number of hydrogen-bond donors (Lipinski definition) is 0. The van der Waals surface area contributed by atoms with Crippen molar-refractivity contribution in [3.05, 3.63) is 199 Å². The summed E-state index contributed by atoms with van der Waals surface area (Å²) in [5.74, 6) is 0.981. The van der Waals surface area contributed by atoms with Gasteiger partial charge < -0.3 is 9.13 Å². The van der Waals surface area contributed by atoms with E-state index in [1.54, 1.807) is 11.1 Å². The molecule has 4 aliphatic rings. The number of para-hydroxylation sites is 1. The number of aromatic nitrogens is 2. The average Bonchev–Trinajstić information content (AvgIpc) is 3.96. The van der Waals surface area contributed by atoms with E-state index in [2.05, 4.69) is 197 Å². The maximum atomic E-state index is 2.74. The molecule has 0 radical (unpaired) electrons. The summed E-state index contributed by atoms with van der Waals surface area (Å²) in [6.07, 6.45) is 5.05. The summed E-state index contributed by atoms with van der Waals surface area (Å²) < 4.78 is 5.39. The smallest absolute Gasteiger partial charge is 0.252 e. The van der Waals surface area contributed by atoms with Crippen LogP contribution in [-0.4, -0.2) is 15.8 Å². The van der Waals surface area contributed by atoms with Crippen LogP contribution in [0.2, 0.25) is 0 Å². The van der Waals surface area contributed by atoms with Gasteiger partial charge in [-0.3, -0.25) is 0 Å². The molecule has 2 aliphatic heterocycles. The van der Waals surface area contributed by atoms with Gasteiger partial charge >= 0.3 is 0 Å². The molecule has 1 fully saturated rings. The van der Waals surface area contributed by atoms with E-state index in [-0.39, 0.29) is 6.71 Å². The van der Waals surface area contributed by atoms with Crippen molar-refractivity contribution in [2.75, 3.05) is 0 Å². The lowest BCUT2D eigenvalue weighted by Crippen LogP contribution is -2.59. The van der Waals surface area contributed by atoms with Crippen molar-refractivity contribution in [3.8, 4) is 22.5 Å². The van der Waals surface area contributed by atoms with Crippen molar-refractivity contribution in [2.45, 2.75) is 37.5 Å². The lowest BCUT2D eigenvalue weighted by molar-refractivity contribution is 0.385. The van der Waals surface area contributed by atoms with Crippen molar-refractivity contribution in [1.82, 2.24) is 9.13 Å².